The Kier molecular flexibility index (Phi) is 6.16. The summed E-state index contributed by atoms with van der Waals surface area (Å²) in [7, 11) is 0. The van der Waals surface area contributed by atoms with Crippen molar-refractivity contribution in [2.75, 3.05) is 5.32 Å². The average molecular weight is 397 g/mol. The highest BCUT2D eigenvalue weighted by molar-refractivity contribution is 6.31. The highest BCUT2D eigenvalue weighted by Gasteiger charge is 2.15. The van der Waals surface area contributed by atoms with Crippen molar-refractivity contribution in [3.05, 3.63) is 93.4 Å². The molecule has 1 amide bonds. The monoisotopic (exact) mass is 396 g/mol. The Morgan fingerprint density at radius 1 is 1.14 bits per heavy atom. The molecule has 0 bridgehead atoms. The predicted octanol–water partition coefficient (Wildman–Crippen LogP) is 4.26. The molecule has 144 valence electrons. The quantitative estimate of drug-likeness (QED) is 0.677. The first-order valence-electron chi connectivity index (χ1n) is 8.90. The van der Waals surface area contributed by atoms with E-state index in [2.05, 4.69) is 5.32 Å². The number of amides is 1. The van der Waals surface area contributed by atoms with Crippen LogP contribution in [0.25, 0.3) is 0 Å². The van der Waals surface area contributed by atoms with Crippen LogP contribution in [-0.2, 0) is 11.3 Å². The van der Waals surface area contributed by atoms with Gasteiger partial charge in [0.15, 0.2) is 6.10 Å². The van der Waals surface area contributed by atoms with Crippen LogP contribution < -0.4 is 15.6 Å². The van der Waals surface area contributed by atoms with Gasteiger partial charge >= 0.3 is 0 Å². The Labute approximate surface area is 168 Å². The van der Waals surface area contributed by atoms with Gasteiger partial charge in [0.1, 0.15) is 5.75 Å². The van der Waals surface area contributed by atoms with E-state index >= 15 is 0 Å². The Bertz CT molecular complexity index is 1050. The molecule has 0 saturated heterocycles. The summed E-state index contributed by atoms with van der Waals surface area (Å²) in [4.78, 5) is 24.6. The van der Waals surface area contributed by atoms with Crippen LogP contribution in [0.2, 0.25) is 5.02 Å². The Balaban J connectivity index is 1.71. The van der Waals surface area contributed by atoms with Crippen molar-refractivity contribution < 1.29 is 9.53 Å². The highest BCUT2D eigenvalue weighted by Crippen LogP contribution is 2.17. The van der Waals surface area contributed by atoms with E-state index in [1.165, 1.54) is 10.6 Å². The van der Waals surface area contributed by atoms with Crippen molar-refractivity contribution in [1.29, 1.82) is 0 Å². The number of aryl methyl sites for hydroxylation is 1. The van der Waals surface area contributed by atoms with Gasteiger partial charge in [0.25, 0.3) is 11.5 Å². The van der Waals surface area contributed by atoms with Crippen molar-refractivity contribution in [3.63, 3.8) is 0 Å². The Morgan fingerprint density at radius 2 is 1.93 bits per heavy atom. The molecule has 3 aromatic rings. The number of nitrogens with zero attached hydrogens (tertiary/aromatic N) is 1. The van der Waals surface area contributed by atoms with E-state index in [-0.39, 0.29) is 11.5 Å². The SMILES string of the molecule is Cc1cccc(OC(C)C(=O)Nc2ccc(=O)n(Cc3ccccc3Cl)c2)c1. The van der Waals surface area contributed by atoms with Crippen LogP contribution in [0.5, 0.6) is 5.75 Å². The van der Waals surface area contributed by atoms with Gasteiger partial charge in [-0.05, 0) is 49.2 Å². The van der Waals surface area contributed by atoms with Gasteiger partial charge in [0, 0.05) is 17.3 Å². The summed E-state index contributed by atoms with van der Waals surface area (Å²) in [6.45, 7) is 3.95. The Hall–Kier alpha value is -3.05. The normalized spacial score (nSPS) is 11.7. The van der Waals surface area contributed by atoms with E-state index in [1.807, 2.05) is 43.3 Å². The number of anilines is 1. The molecule has 28 heavy (non-hydrogen) atoms. The minimum absolute atomic E-state index is 0.179. The van der Waals surface area contributed by atoms with Crippen molar-refractivity contribution in [3.8, 4) is 5.75 Å². The molecule has 0 aliphatic heterocycles. The number of carbonyl (C=O) groups excluding carboxylic acids is 1. The summed E-state index contributed by atoms with van der Waals surface area (Å²) < 4.78 is 7.20. The molecule has 0 fully saturated rings. The highest BCUT2D eigenvalue weighted by atomic mass is 35.5. The molecule has 0 aliphatic rings. The van der Waals surface area contributed by atoms with Crippen LogP contribution in [0.15, 0.2) is 71.7 Å². The first kappa shape index (κ1) is 19.7. The van der Waals surface area contributed by atoms with Crippen LogP contribution in [0.1, 0.15) is 18.1 Å². The molecule has 6 heteroatoms. The molecular weight excluding hydrogens is 376 g/mol. The lowest BCUT2D eigenvalue weighted by Gasteiger charge is -2.16. The number of hydrogen-bond acceptors (Lipinski definition) is 3. The first-order valence-corrected chi connectivity index (χ1v) is 9.28. The summed E-state index contributed by atoms with van der Waals surface area (Å²) in [5.74, 6) is 0.329. The molecule has 0 aliphatic carbocycles. The third-order valence-electron chi connectivity index (χ3n) is 4.22. The number of halogens is 1. The van der Waals surface area contributed by atoms with Crippen molar-refractivity contribution in [2.45, 2.75) is 26.5 Å². The number of hydrogen-bond donors (Lipinski definition) is 1. The van der Waals surface area contributed by atoms with Crippen molar-refractivity contribution in [1.82, 2.24) is 4.57 Å². The van der Waals surface area contributed by atoms with Crippen LogP contribution in [0, 0.1) is 6.92 Å². The van der Waals surface area contributed by atoms with Gasteiger partial charge in [-0.3, -0.25) is 9.59 Å². The van der Waals surface area contributed by atoms with Crippen LogP contribution in [-0.4, -0.2) is 16.6 Å². The fourth-order valence-electron chi connectivity index (χ4n) is 2.73. The van der Waals surface area contributed by atoms with Crippen molar-refractivity contribution >= 4 is 23.2 Å². The maximum Gasteiger partial charge on any atom is 0.265 e. The van der Waals surface area contributed by atoms with E-state index < -0.39 is 6.10 Å². The van der Waals surface area contributed by atoms with Crippen LogP contribution in [0.3, 0.4) is 0 Å². The molecule has 1 heterocycles. The van der Waals surface area contributed by atoms with Gasteiger partial charge in [0.05, 0.1) is 12.2 Å². The van der Waals surface area contributed by atoms with Gasteiger partial charge in [-0.2, -0.15) is 0 Å². The van der Waals surface area contributed by atoms with Crippen molar-refractivity contribution in [2.24, 2.45) is 0 Å². The third kappa shape index (κ3) is 5.02. The molecule has 3 rings (SSSR count). The fraction of sp³-hybridized carbons (Fsp3) is 0.182. The maximum absolute atomic E-state index is 12.5. The summed E-state index contributed by atoms with van der Waals surface area (Å²) in [6.07, 6.45) is 0.911. The maximum atomic E-state index is 12.5. The number of ether oxygens (including phenoxy) is 1. The van der Waals surface area contributed by atoms with E-state index in [0.29, 0.717) is 23.0 Å². The summed E-state index contributed by atoms with van der Waals surface area (Å²) in [5.41, 5.74) is 2.21. The van der Waals surface area contributed by atoms with Gasteiger partial charge in [0.2, 0.25) is 0 Å². The lowest BCUT2D eigenvalue weighted by atomic mass is 10.2. The minimum Gasteiger partial charge on any atom is -0.481 e. The van der Waals surface area contributed by atoms with E-state index in [1.54, 1.807) is 31.3 Å². The number of nitrogens with one attached hydrogen (secondary N) is 1. The average Bonchev–Trinajstić information content (AvgIpc) is 2.66. The second-order valence-corrected chi connectivity index (χ2v) is 6.95. The first-order chi connectivity index (χ1) is 13.4. The minimum atomic E-state index is -0.689. The Morgan fingerprint density at radius 3 is 2.68 bits per heavy atom. The summed E-state index contributed by atoms with van der Waals surface area (Å²) in [6, 6.07) is 17.8. The zero-order valence-electron chi connectivity index (χ0n) is 15.7. The third-order valence-corrected chi connectivity index (χ3v) is 4.59. The number of aromatic nitrogens is 1. The zero-order chi connectivity index (χ0) is 20.1. The smallest absolute Gasteiger partial charge is 0.265 e. The van der Waals surface area contributed by atoms with Gasteiger partial charge in [-0.15, -0.1) is 0 Å². The number of benzene rings is 2. The second kappa shape index (κ2) is 8.76. The molecule has 1 aromatic heterocycles. The molecule has 5 nitrogen and oxygen atoms in total. The molecule has 0 radical (unpaired) electrons. The van der Waals surface area contributed by atoms with E-state index in [4.69, 9.17) is 16.3 Å². The lowest BCUT2D eigenvalue weighted by Crippen LogP contribution is -2.31. The van der Waals surface area contributed by atoms with Crippen LogP contribution in [0.4, 0.5) is 5.69 Å². The molecule has 1 N–H and O–H groups in total. The zero-order valence-corrected chi connectivity index (χ0v) is 16.4. The molecule has 2 aromatic carbocycles. The van der Waals surface area contributed by atoms with E-state index in [9.17, 15) is 9.59 Å². The van der Waals surface area contributed by atoms with Gasteiger partial charge < -0.3 is 14.6 Å². The topological polar surface area (TPSA) is 60.3 Å². The largest absolute Gasteiger partial charge is 0.481 e. The molecular formula is C22H21ClN2O3. The number of carbonyl (C=O) groups is 1. The molecule has 1 atom stereocenters. The fourth-order valence-corrected chi connectivity index (χ4v) is 2.92. The van der Waals surface area contributed by atoms with Crippen LogP contribution >= 0.6 is 11.6 Å². The van der Waals surface area contributed by atoms with Gasteiger partial charge in [-0.25, -0.2) is 0 Å². The lowest BCUT2D eigenvalue weighted by molar-refractivity contribution is -0.122. The standard InChI is InChI=1S/C22H21ClN2O3/c1-15-6-5-8-19(12-15)28-16(2)22(27)24-18-10-11-21(26)25(14-18)13-17-7-3-4-9-20(17)23/h3-12,14,16H,13H2,1-2H3,(H,24,27). The predicted molar refractivity (Wildman–Crippen MR) is 111 cm³/mol. The summed E-state index contributed by atoms with van der Waals surface area (Å²) in [5, 5.41) is 3.37. The summed E-state index contributed by atoms with van der Waals surface area (Å²) >= 11 is 6.18. The molecule has 0 spiro atoms. The second-order valence-electron chi connectivity index (χ2n) is 6.54. The molecule has 0 saturated carbocycles. The number of pyridine rings is 1. The van der Waals surface area contributed by atoms with Gasteiger partial charge in [-0.1, -0.05) is 41.9 Å². The number of rotatable bonds is 6. The molecule has 1 unspecified atom stereocenters. The van der Waals surface area contributed by atoms with E-state index in [0.717, 1.165) is 11.1 Å².